The Bertz CT molecular complexity index is 767. The number of carboxylic acids is 1. The number of carbonyl (C=O) groups excluding carboxylic acids is 1. The number of nitrogens with zero attached hydrogens (tertiary/aromatic N) is 1. The van der Waals surface area contributed by atoms with Crippen molar-refractivity contribution in [1.29, 1.82) is 0 Å². The normalized spacial score (nSPS) is 12.8. The van der Waals surface area contributed by atoms with Crippen LogP contribution in [0.5, 0.6) is 0 Å². The first-order valence-corrected chi connectivity index (χ1v) is 8.26. The Balaban J connectivity index is 1.61. The quantitative estimate of drug-likeness (QED) is 0.631. The van der Waals surface area contributed by atoms with E-state index in [4.69, 9.17) is 9.84 Å². The number of unbranched alkanes of at least 4 members (excludes halogenated alkanes) is 1. The summed E-state index contributed by atoms with van der Waals surface area (Å²) in [5.41, 5.74) is 4.66. The fraction of sp³-hybridized carbons (Fsp3) is 0.250. The minimum Gasteiger partial charge on any atom is -0.481 e. The standard InChI is InChI=1S/C20H19NO4/c22-19(23)11-5-6-12-21-20(24)25-13-18-16-9-3-1-7-14(16)15-8-2-4-10-17(15)18/h1-4,7-10,12,18H,5-6,11,13H2,(H,22,23). The highest BCUT2D eigenvalue weighted by molar-refractivity contribution is 5.81. The zero-order chi connectivity index (χ0) is 17.6. The molecular formula is C20H19NO4. The monoisotopic (exact) mass is 337 g/mol. The van der Waals surface area contributed by atoms with E-state index in [-0.39, 0.29) is 18.9 Å². The predicted octanol–water partition coefficient (Wildman–Crippen LogP) is 4.26. The van der Waals surface area contributed by atoms with E-state index in [1.54, 1.807) is 0 Å². The lowest BCUT2D eigenvalue weighted by molar-refractivity contribution is -0.137. The number of carboxylic acid groups (broad SMARTS) is 1. The Labute approximate surface area is 146 Å². The summed E-state index contributed by atoms with van der Waals surface area (Å²) in [7, 11) is 0. The molecule has 5 heteroatoms. The minimum atomic E-state index is -0.852. The van der Waals surface area contributed by atoms with Crippen LogP contribution < -0.4 is 0 Å². The number of aliphatic imine (C=N–C) groups is 1. The maximum atomic E-state index is 11.8. The smallest absolute Gasteiger partial charge is 0.433 e. The fourth-order valence-electron chi connectivity index (χ4n) is 3.11. The van der Waals surface area contributed by atoms with Gasteiger partial charge in [-0.2, -0.15) is 4.99 Å². The van der Waals surface area contributed by atoms with Crippen LogP contribution in [-0.2, 0) is 9.53 Å². The first-order chi connectivity index (χ1) is 12.2. The van der Waals surface area contributed by atoms with Crippen LogP contribution in [0.4, 0.5) is 4.79 Å². The lowest BCUT2D eigenvalue weighted by Gasteiger charge is -2.12. The van der Waals surface area contributed by atoms with Gasteiger partial charge in [0.1, 0.15) is 6.61 Å². The average molecular weight is 337 g/mol. The van der Waals surface area contributed by atoms with Gasteiger partial charge in [0.25, 0.3) is 0 Å². The number of rotatable bonds is 6. The summed E-state index contributed by atoms with van der Waals surface area (Å²) < 4.78 is 5.31. The van der Waals surface area contributed by atoms with E-state index < -0.39 is 12.1 Å². The number of ether oxygens (including phenoxy) is 1. The van der Waals surface area contributed by atoms with Gasteiger partial charge in [0.15, 0.2) is 0 Å². The van der Waals surface area contributed by atoms with Crippen molar-refractivity contribution in [2.45, 2.75) is 25.2 Å². The lowest BCUT2D eigenvalue weighted by Crippen LogP contribution is -2.10. The van der Waals surface area contributed by atoms with Crippen molar-refractivity contribution in [3.8, 4) is 11.1 Å². The highest BCUT2D eigenvalue weighted by Gasteiger charge is 2.28. The van der Waals surface area contributed by atoms with E-state index in [1.165, 1.54) is 17.3 Å². The maximum Gasteiger partial charge on any atom is 0.433 e. The summed E-state index contributed by atoms with van der Waals surface area (Å²) in [4.78, 5) is 25.9. The molecule has 0 aromatic heterocycles. The molecule has 3 rings (SSSR count). The van der Waals surface area contributed by atoms with Gasteiger partial charge in [-0.1, -0.05) is 48.5 Å². The third-order valence-electron chi connectivity index (χ3n) is 4.26. The van der Waals surface area contributed by atoms with Gasteiger partial charge in [0.05, 0.1) is 0 Å². The molecule has 0 fully saturated rings. The van der Waals surface area contributed by atoms with Gasteiger partial charge in [-0.3, -0.25) is 4.79 Å². The SMILES string of the molecule is O=C(O)CCCC=NC(=O)OCC1c2ccccc2-c2ccccc21. The Morgan fingerprint density at radius 3 is 2.24 bits per heavy atom. The van der Waals surface area contributed by atoms with Crippen molar-refractivity contribution in [2.24, 2.45) is 4.99 Å². The summed E-state index contributed by atoms with van der Waals surface area (Å²) >= 11 is 0. The number of carbonyl (C=O) groups is 2. The number of hydrogen-bond acceptors (Lipinski definition) is 3. The predicted molar refractivity (Wildman–Crippen MR) is 95.0 cm³/mol. The largest absolute Gasteiger partial charge is 0.481 e. The molecule has 0 unspecified atom stereocenters. The molecule has 0 spiro atoms. The van der Waals surface area contributed by atoms with Crippen LogP contribution in [0.3, 0.4) is 0 Å². The number of hydrogen-bond donors (Lipinski definition) is 1. The summed E-state index contributed by atoms with van der Waals surface area (Å²) in [6.07, 6.45) is 1.74. The first kappa shape index (κ1) is 16.9. The second-order valence-corrected chi connectivity index (χ2v) is 5.90. The molecule has 0 aliphatic heterocycles. The van der Waals surface area contributed by atoms with Crippen LogP contribution in [0.1, 0.15) is 36.3 Å². The van der Waals surface area contributed by atoms with Crippen LogP contribution >= 0.6 is 0 Å². The molecule has 1 aliphatic rings. The maximum absolute atomic E-state index is 11.8. The second-order valence-electron chi connectivity index (χ2n) is 5.90. The number of fused-ring (bicyclic) bond motifs is 3. The molecule has 128 valence electrons. The molecule has 0 bridgehead atoms. The molecule has 0 saturated carbocycles. The second kappa shape index (κ2) is 7.75. The molecule has 1 N–H and O–H groups in total. The molecule has 25 heavy (non-hydrogen) atoms. The molecular weight excluding hydrogens is 318 g/mol. The minimum absolute atomic E-state index is 0.0126. The zero-order valence-electron chi connectivity index (χ0n) is 13.7. The number of aliphatic carboxylic acids is 1. The van der Waals surface area contributed by atoms with Crippen LogP contribution in [0.2, 0.25) is 0 Å². The van der Waals surface area contributed by atoms with Crippen LogP contribution in [0, 0.1) is 0 Å². The van der Waals surface area contributed by atoms with Crippen molar-refractivity contribution >= 4 is 18.3 Å². The van der Waals surface area contributed by atoms with Gasteiger partial charge >= 0.3 is 12.1 Å². The van der Waals surface area contributed by atoms with E-state index >= 15 is 0 Å². The lowest BCUT2D eigenvalue weighted by atomic mass is 9.98. The zero-order valence-corrected chi connectivity index (χ0v) is 13.7. The fourth-order valence-corrected chi connectivity index (χ4v) is 3.11. The first-order valence-electron chi connectivity index (χ1n) is 8.26. The Kier molecular flexibility index (Phi) is 5.23. The summed E-state index contributed by atoms with van der Waals surface area (Å²) in [5, 5.41) is 8.55. The molecule has 0 saturated heterocycles. The van der Waals surface area contributed by atoms with Gasteiger partial charge in [-0.15, -0.1) is 0 Å². The van der Waals surface area contributed by atoms with Gasteiger partial charge in [-0.25, -0.2) is 4.79 Å². The van der Waals surface area contributed by atoms with Gasteiger partial charge < -0.3 is 9.84 Å². The Morgan fingerprint density at radius 2 is 1.64 bits per heavy atom. The highest BCUT2D eigenvalue weighted by Crippen LogP contribution is 2.44. The van der Waals surface area contributed by atoms with E-state index in [0.29, 0.717) is 12.8 Å². The van der Waals surface area contributed by atoms with Gasteiger partial charge in [-0.05, 0) is 35.1 Å². The van der Waals surface area contributed by atoms with E-state index in [0.717, 1.165) is 11.1 Å². The van der Waals surface area contributed by atoms with E-state index in [9.17, 15) is 9.59 Å². The average Bonchev–Trinajstić information content (AvgIpc) is 2.93. The third kappa shape index (κ3) is 3.94. The molecule has 0 radical (unpaired) electrons. The molecule has 0 heterocycles. The summed E-state index contributed by atoms with van der Waals surface area (Å²) in [6.45, 7) is 0.235. The van der Waals surface area contributed by atoms with Crippen molar-refractivity contribution < 1.29 is 19.4 Å². The van der Waals surface area contributed by atoms with Crippen LogP contribution in [0.15, 0.2) is 53.5 Å². The molecule has 5 nitrogen and oxygen atoms in total. The third-order valence-corrected chi connectivity index (χ3v) is 4.26. The topological polar surface area (TPSA) is 76.0 Å². The van der Waals surface area contributed by atoms with Crippen molar-refractivity contribution in [1.82, 2.24) is 0 Å². The van der Waals surface area contributed by atoms with Crippen molar-refractivity contribution in [3.05, 3.63) is 59.7 Å². The molecule has 1 amide bonds. The summed E-state index contributed by atoms with van der Waals surface area (Å²) in [6, 6.07) is 16.3. The Morgan fingerprint density at radius 1 is 1.04 bits per heavy atom. The Hall–Kier alpha value is -2.95. The van der Waals surface area contributed by atoms with E-state index in [2.05, 4.69) is 29.3 Å². The van der Waals surface area contributed by atoms with Crippen LogP contribution in [-0.4, -0.2) is 30.0 Å². The molecule has 2 aromatic carbocycles. The summed E-state index contributed by atoms with van der Waals surface area (Å²) in [5.74, 6) is -0.840. The van der Waals surface area contributed by atoms with Gasteiger partial charge in [0.2, 0.25) is 0 Å². The van der Waals surface area contributed by atoms with Gasteiger partial charge in [0, 0.05) is 18.6 Å². The number of benzene rings is 2. The van der Waals surface area contributed by atoms with E-state index in [1.807, 2.05) is 24.3 Å². The number of amides is 1. The molecule has 1 aliphatic carbocycles. The highest BCUT2D eigenvalue weighted by atomic mass is 16.5. The molecule has 0 atom stereocenters. The van der Waals surface area contributed by atoms with Crippen molar-refractivity contribution in [3.63, 3.8) is 0 Å². The van der Waals surface area contributed by atoms with Crippen LogP contribution in [0.25, 0.3) is 11.1 Å². The molecule has 2 aromatic rings. The van der Waals surface area contributed by atoms with Crippen molar-refractivity contribution in [2.75, 3.05) is 6.61 Å².